The fourth-order valence-electron chi connectivity index (χ4n) is 1.26. The summed E-state index contributed by atoms with van der Waals surface area (Å²) in [6.07, 6.45) is 2.83. The van der Waals surface area contributed by atoms with Crippen LogP contribution in [0.25, 0.3) is 11.4 Å². The quantitative estimate of drug-likeness (QED) is 0.636. The van der Waals surface area contributed by atoms with Crippen molar-refractivity contribution < 1.29 is 4.74 Å². The standard InChI is InChI=1S/C8H7N5O/c1-14-8-6-5(2-9)3-11-7(6)13(10)4-12-8/h3-4H,10H2,1H3. The van der Waals surface area contributed by atoms with Crippen molar-refractivity contribution in [1.82, 2.24) is 14.6 Å². The zero-order chi connectivity index (χ0) is 10.1. The molecule has 0 atom stereocenters. The van der Waals surface area contributed by atoms with E-state index in [4.69, 9.17) is 15.8 Å². The number of nitriles is 1. The number of fused-ring (bicyclic) bond motifs is 1. The van der Waals surface area contributed by atoms with Crippen molar-refractivity contribution in [1.29, 1.82) is 5.26 Å². The Kier molecular flexibility index (Phi) is 1.71. The van der Waals surface area contributed by atoms with Gasteiger partial charge in [0.1, 0.15) is 18.0 Å². The van der Waals surface area contributed by atoms with E-state index in [0.717, 1.165) is 0 Å². The third-order valence-electron chi connectivity index (χ3n) is 1.88. The lowest BCUT2D eigenvalue weighted by molar-refractivity contribution is 0.397. The van der Waals surface area contributed by atoms with E-state index in [1.165, 1.54) is 24.3 Å². The second kappa shape index (κ2) is 2.88. The Bertz CT molecular complexity index is 483. The van der Waals surface area contributed by atoms with E-state index in [-0.39, 0.29) is 0 Å². The molecule has 0 aromatic carbocycles. The highest BCUT2D eigenvalue weighted by atomic mass is 16.5. The molecule has 0 saturated heterocycles. The highest BCUT2D eigenvalue weighted by molar-refractivity contribution is 5.71. The van der Waals surface area contributed by atoms with E-state index >= 15 is 0 Å². The number of hydrogen-bond acceptors (Lipinski definition) is 5. The normalized spacial score (nSPS) is 10.0. The Labute approximate surface area is 79.9 Å². The molecule has 70 valence electrons. The summed E-state index contributed by atoms with van der Waals surface area (Å²) in [4.78, 5) is 7.92. The summed E-state index contributed by atoms with van der Waals surface area (Å²) in [6.45, 7) is 0. The van der Waals surface area contributed by atoms with Crippen molar-refractivity contribution in [2.75, 3.05) is 13.0 Å². The van der Waals surface area contributed by atoms with Crippen LogP contribution in [0.2, 0.25) is 0 Å². The van der Waals surface area contributed by atoms with Gasteiger partial charge in [0.25, 0.3) is 0 Å². The van der Waals surface area contributed by atoms with Gasteiger partial charge in [-0.1, -0.05) is 0 Å². The molecule has 0 bridgehead atoms. The van der Waals surface area contributed by atoms with Crippen LogP contribution in [0.4, 0.5) is 0 Å². The number of aromatic nitrogens is 3. The molecule has 0 saturated carbocycles. The van der Waals surface area contributed by atoms with Gasteiger partial charge in [-0.15, -0.1) is 0 Å². The molecule has 0 radical (unpaired) electrons. The lowest BCUT2D eigenvalue weighted by Gasteiger charge is -2.08. The molecule has 2 N–H and O–H groups in total. The minimum Gasteiger partial charge on any atom is -0.480 e. The molecule has 0 aromatic heterocycles. The first kappa shape index (κ1) is 8.31. The minimum absolute atomic E-state index is 0.357. The molecule has 14 heavy (non-hydrogen) atoms. The van der Waals surface area contributed by atoms with E-state index < -0.39 is 0 Å². The van der Waals surface area contributed by atoms with Crippen LogP contribution in [-0.4, -0.2) is 21.8 Å². The van der Waals surface area contributed by atoms with Gasteiger partial charge in [0, 0.05) is 6.20 Å². The Morgan fingerprint density at radius 2 is 2.36 bits per heavy atom. The Morgan fingerprint density at radius 1 is 1.57 bits per heavy atom. The molecule has 2 heterocycles. The maximum Gasteiger partial charge on any atom is 0.227 e. The minimum atomic E-state index is 0.357. The molecule has 2 aliphatic rings. The van der Waals surface area contributed by atoms with Gasteiger partial charge >= 0.3 is 0 Å². The number of nitrogens with zero attached hydrogens (tertiary/aromatic N) is 4. The van der Waals surface area contributed by atoms with Gasteiger partial charge in [0.05, 0.1) is 12.7 Å². The van der Waals surface area contributed by atoms with Crippen molar-refractivity contribution in [3.8, 4) is 23.3 Å². The molecule has 0 amide bonds. The van der Waals surface area contributed by atoms with Gasteiger partial charge in [-0.25, -0.2) is 14.6 Å². The van der Waals surface area contributed by atoms with Crippen molar-refractivity contribution in [3.05, 3.63) is 18.1 Å². The molecular formula is C8H7N5O. The molecule has 0 spiro atoms. The van der Waals surface area contributed by atoms with E-state index in [2.05, 4.69) is 9.97 Å². The summed E-state index contributed by atoms with van der Waals surface area (Å²) in [5.41, 5.74) is 0.948. The number of nitrogens with two attached hydrogens (primary N) is 1. The van der Waals surface area contributed by atoms with Crippen LogP contribution in [0.1, 0.15) is 5.56 Å². The average molecular weight is 189 g/mol. The number of hydrogen-bond donors (Lipinski definition) is 1. The summed E-state index contributed by atoms with van der Waals surface area (Å²) in [5, 5.41) is 8.81. The summed E-state index contributed by atoms with van der Waals surface area (Å²) in [5.74, 6) is 6.41. The maximum absolute atomic E-state index is 8.81. The fraction of sp³-hybridized carbons (Fsp3) is 0.125. The third kappa shape index (κ3) is 0.959. The summed E-state index contributed by atoms with van der Waals surface area (Å²) >= 11 is 0. The average Bonchev–Trinajstić information content (AvgIpc) is 2.63. The molecule has 0 fully saturated rings. The summed E-state index contributed by atoms with van der Waals surface area (Å²) in [7, 11) is 1.48. The van der Waals surface area contributed by atoms with Gasteiger partial charge in [-0.2, -0.15) is 5.26 Å². The van der Waals surface area contributed by atoms with Gasteiger partial charge in [0.15, 0.2) is 5.82 Å². The monoisotopic (exact) mass is 189 g/mol. The van der Waals surface area contributed by atoms with E-state index in [1.807, 2.05) is 6.07 Å². The fourth-order valence-corrected chi connectivity index (χ4v) is 1.26. The molecule has 0 aromatic rings. The van der Waals surface area contributed by atoms with E-state index in [1.54, 1.807) is 0 Å². The lowest BCUT2D eigenvalue weighted by atomic mass is 10.2. The third-order valence-corrected chi connectivity index (χ3v) is 1.88. The summed E-state index contributed by atoms with van der Waals surface area (Å²) < 4.78 is 6.26. The maximum atomic E-state index is 8.81. The number of rotatable bonds is 1. The molecule has 6 heteroatoms. The Hall–Kier alpha value is -2.29. The molecular weight excluding hydrogens is 182 g/mol. The molecule has 0 aliphatic carbocycles. The predicted octanol–water partition coefficient (Wildman–Crippen LogP) is -0.0230. The zero-order valence-corrected chi connectivity index (χ0v) is 7.43. The first-order chi connectivity index (χ1) is 6.77. The van der Waals surface area contributed by atoms with E-state index in [9.17, 15) is 0 Å². The highest BCUT2D eigenvalue weighted by Gasteiger charge is 2.20. The van der Waals surface area contributed by atoms with Crippen LogP contribution in [0.15, 0.2) is 12.5 Å². The van der Waals surface area contributed by atoms with Crippen molar-refractivity contribution in [2.24, 2.45) is 0 Å². The van der Waals surface area contributed by atoms with Crippen molar-refractivity contribution >= 4 is 0 Å². The largest absolute Gasteiger partial charge is 0.480 e. The Balaban J connectivity index is 2.79. The highest BCUT2D eigenvalue weighted by Crippen LogP contribution is 2.30. The predicted molar refractivity (Wildman–Crippen MR) is 48.1 cm³/mol. The van der Waals surface area contributed by atoms with E-state index in [0.29, 0.717) is 22.8 Å². The zero-order valence-electron chi connectivity index (χ0n) is 7.43. The second-order valence-electron chi connectivity index (χ2n) is 2.64. The molecule has 0 unspecified atom stereocenters. The topological polar surface area (TPSA) is 89.8 Å². The van der Waals surface area contributed by atoms with Crippen LogP contribution in [0.3, 0.4) is 0 Å². The lowest BCUT2D eigenvalue weighted by Crippen LogP contribution is -2.14. The van der Waals surface area contributed by atoms with Gasteiger partial charge < -0.3 is 10.6 Å². The van der Waals surface area contributed by atoms with Crippen molar-refractivity contribution in [2.45, 2.75) is 0 Å². The van der Waals surface area contributed by atoms with Gasteiger partial charge in [-0.3, -0.25) is 0 Å². The molecule has 2 rings (SSSR count). The molecule has 6 nitrogen and oxygen atoms in total. The Morgan fingerprint density at radius 3 is 3.00 bits per heavy atom. The van der Waals surface area contributed by atoms with Crippen LogP contribution in [0.5, 0.6) is 5.88 Å². The number of nitrogen functional groups attached to an aromatic ring is 1. The first-order valence-corrected chi connectivity index (χ1v) is 3.83. The number of methoxy groups -OCH3 is 1. The molecule has 2 aliphatic heterocycles. The first-order valence-electron chi connectivity index (χ1n) is 3.83. The van der Waals surface area contributed by atoms with Crippen LogP contribution in [0, 0.1) is 11.3 Å². The van der Waals surface area contributed by atoms with Crippen LogP contribution >= 0.6 is 0 Å². The number of ether oxygens (including phenoxy) is 1. The van der Waals surface area contributed by atoms with Crippen LogP contribution < -0.4 is 10.6 Å². The van der Waals surface area contributed by atoms with Crippen LogP contribution in [-0.2, 0) is 0 Å². The van der Waals surface area contributed by atoms with Crippen molar-refractivity contribution in [3.63, 3.8) is 0 Å². The SMILES string of the molecule is COc1ncn(N)c2ncc(C#N)c1-2. The smallest absolute Gasteiger partial charge is 0.227 e. The van der Waals surface area contributed by atoms with Gasteiger partial charge in [0.2, 0.25) is 5.88 Å². The second-order valence-corrected chi connectivity index (χ2v) is 2.64. The summed E-state index contributed by atoms with van der Waals surface area (Å²) in [6, 6.07) is 2.00. The van der Waals surface area contributed by atoms with Gasteiger partial charge in [-0.05, 0) is 0 Å².